The fraction of sp³-hybridized carbons (Fsp3) is 0.0714. The van der Waals surface area contributed by atoms with Gasteiger partial charge in [-0.05, 0) is 17.7 Å². The highest BCUT2D eigenvalue weighted by Crippen LogP contribution is 2.24. The maximum Gasteiger partial charge on any atom is 0.338 e. The molecule has 0 unspecified atom stereocenters. The summed E-state index contributed by atoms with van der Waals surface area (Å²) in [7, 11) is 1.32. The number of aromatic nitrogens is 1. The van der Waals surface area contributed by atoms with Gasteiger partial charge in [0.15, 0.2) is 0 Å². The van der Waals surface area contributed by atoms with E-state index in [0.717, 1.165) is 0 Å². The second-order valence-electron chi connectivity index (χ2n) is 3.86. The molecule has 1 aromatic carbocycles. The van der Waals surface area contributed by atoms with Gasteiger partial charge in [-0.1, -0.05) is 18.2 Å². The quantitative estimate of drug-likeness (QED) is 0.846. The molecule has 5 heteroatoms. The summed E-state index contributed by atoms with van der Waals surface area (Å²) in [4.78, 5) is 26.8. The summed E-state index contributed by atoms with van der Waals surface area (Å²) in [6, 6.07) is 8.53. The van der Waals surface area contributed by atoms with Gasteiger partial charge < -0.3 is 10.5 Å². The molecular formula is C14H12N2O3. The summed E-state index contributed by atoms with van der Waals surface area (Å²) in [5, 5.41) is 0. The normalized spacial score (nSPS) is 9.95. The van der Waals surface area contributed by atoms with Gasteiger partial charge in [0.2, 0.25) is 5.91 Å². The Morgan fingerprint density at radius 2 is 1.95 bits per heavy atom. The topological polar surface area (TPSA) is 82.3 Å². The third kappa shape index (κ3) is 2.60. The number of nitrogens with two attached hydrogens (primary N) is 1. The molecule has 0 fully saturated rings. The van der Waals surface area contributed by atoms with Crippen molar-refractivity contribution in [3.8, 4) is 11.1 Å². The number of benzene rings is 1. The van der Waals surface area contributed by atoms with E-state index in [9.17, 15) is 9.59 Å². The van der Waals surface area contributed by atoms with Gasteiger partial charge in [-0.25, -0.2) is 4.79 Å². The van der Waals surface area contributed by atoms with Crippen molar-refractivity contribution >= 4 is 11.9 Å². The number of rotatable bonds is 3. The van der Waals surface area contributed by atoms with Gasteiger partial charge in [0.05, 0.1) is 18.2 Å². The number of nitrogens with zero attached hydrogens (tertiary/aromatic N) is 1. The fourth-order valence-corrected chi connectivity index (χ4v) is 1.74. The van der Waals surface area contributed by atoms with Crippen LogP contribution in [0.1, 0.15) is 20.7 Å². The minimum absolute atomic E-state index is 0.289. The Bertz CT molecular complexity index is 638. The number of methoxy groups -OCH3 is 1. The summed E-state index contributed by atoms with van der Waals surface area (Å²) in [6.45, 7) is 0. The van der Waals surface area contributed by atoms with E-state index in [0.29, 0.717) is 16.7 Å². The summed E-state index contributed by atoms with van der Waals surface area (Å²) >= 11 is 0. The lowest BCUT2D eigenvalue weighted by Crippen LogP contribution is -2.11. The van der Waals surface area contributed by atoms with E-state index in [1.807, 2.05) is 0 Å². The highest BCUT2D eigenvalue weighted by molar-refractivity contribution is 5.98. The molecule has 1 aromatic heterocycles. The van der Waals surface area contributed by atoms with Gasteiger partial charge in [-0.2, -0.15) is 0 Å². The predicted molar refractivity (Wildman–Crippen MR) is 69.5 cm³/mol. The van der Waals surface area contributed by atoms with E-state index < -0.39 is 11.9 Å². The smallest absolute Gasteiger partial charge is 0.338 e. The summed E-state index contributed by atoms with van der Waals surface area (Å²) in [5.41, 5.74) is 7.19. The number of esters is 1. The molecule has 19 heavy (non-hydrogen) atoms. The van der Waals surface area contributed by atoms with E-state index in [4.69, 9.17) is 10.5 Å². The molecule has 1 heterocycles. The molecule has 96 valence electrons. The Hall–Kier alpha value is -2.69. The summed E-state index contributed by atoms with van der Waals surface area (Å²) in [6.07, 6.45) is 2.95. The van der Waals surface area contributed by atoms with Crippen LogP contribution in [0.25, 0.3) is 11.1 Å². The number of amides is 1. The molecule has 0 bridgehead atoms. The molecule has 2 N–H and O–H groups in total. The maximum atomic E-state index is 11.7. The molecule has 0 aliphatic rings. The number of hydrogen-bond donors (Lipinski definition) is 1. The van der Waals surface area contributed by atoms with E-state index in [-0.39, 0.29) is 5.56 Å². The second-order valence-corrected chi connectivity index (χ2v) is 3.86. The zero-order valence-electron chi connectivity index (χ0n) is 10.3. The van der Waals surface area contributed by atoms with Crippen molar-refractivity contribution in [2.75, 3.05) is 7.11 Å². The second kappa shape index (κ2) is 5.30. The number of hydrogen-bond acceptors (Lipinski definition) is 4. The number of carbonyl (C=O) groups is 2. The van der Waals surface area contributed by atoms with E-state index in [2.05, 4.69) is 4.98 Å². The first kappa shape index (κ1) is 12.8. The minimum Gasteiger partial charge on any atom is -0.465 e. The minimum atomic E-state index is -0.565. The van der Waals surface area contributed by atoms with Crippen LogP contribution in [-0.4, -0.2) is 24.0 Å². The van der Waals surface area contributed by atoms with Crippen molar-refractivity contribution in [1.82, 2.24) is 4.98 Å². The van der Waals surface area contributed by atoms with Crippen molar-refractivity contribution in [3.63, 3.8) is 0 Å². The molecule has 5 nitrogen and oxygen atoms in total. The van der Waals surface area contributed by atoms with E-state index in [1.165, 1.54) is 13.3 Å². The van der Waals surface area contributed by atoms with Crippen LogP contribution in [0.2, 0.25) is 0 Å². The van der Waals surface area contributed by atoms with Crippen LogP contribution in [0.3, 0.4) is 0 Å². The standard InChI is InChI=1S/C14H12N2O3/c1-19-14(18)12-5-3-2-4-11(12)9-6-10(13(15)17)8-16-7-9/h2-8H,1H3,(H2,15,17). The van der Waals surface area contributed by atoms with E-state index in [1.54, 1.807) is 36.5 Å². The first-order chi connectivity index (χ1) is 9.13. The molecule has 0 spiro atoms. The molecule has 0 atom stereocenters. The van der Waals surface area contributed by atoms with Crippen molar-refractivity contribution in [1.29, 1.82) is 0 Å². The Morgan fingerprint density at radius 3 is 2.63 bits per heavy atom. The zero-order valence-corrected chi connectivity index (χ0v) is 10.3. The third-order valence-electron chi connectivity index (χ3n) is 2.67. The van der Waals surface area contributed by atoms with Gasteiger partial charge in [-0.3, -0.25) is 9.78 Å². The Morgan fingerprint density at radius 1 is 1.21 bits per heavy atom. The summed E-state index contributed by atoms with van der Waals surface area (Å²) in [5.74, 6) is -1.01. The molecule has 2 rings (SSSR count). The van der Waals surface area contributed by atoms with Gasteiger partial charge in [0, 0.05) is 18.0 Å². The first-order valence-corrected chi connectivity index (χ1v) is 5.56. The Labute approximate surface area is 110 Å². The van der Waals surface area contributed by atoms with Crippen molar-refractivity contribution in [2.24, 2.45) is 5.73 Å². The van der Waals surface area contributed by atoms with Crippen molar-refractivity contribution < 1.29 is 14.3 Å². The van der Waals surface area contributed by atoms with Crippen LogP contribution in [-0.2, 0) is 4.74 Å². The number of primary amides is 1. The summed E-state index contributed by atoms with van der Waals surface area (Å²) < 4.78 is 4.73. The van der Waals surface area contributed by atoms with Gasteiger partial charge in [0.25, 0.3) is 0 Å². The molecule has 1 amide bonds. The van der Waals surface area contributed by atoms with Crippen LogP contribution in [0.5, 0.6) is 0 Å². The van der Waals surface area contributed by atoms with Crippen LogP contribution >= 0.6 is 0 Å². The van der Waals surface area contributed by atoms with Crippen LogP contribution in [0.15, 0.2) is 42.7 Å². The molecular weight excluding hydrogens is 244 g/mol. The average molecular weight is 256 g/mol. The SMILES string of the molecule is COC(=O)c1ccccc1-c1cncc(C(N)=O)c1. The van der Waals surface area contributed by atoms with Gasteiger partial charge >= 0.3 is 5.97 Å². The monoisotopic (exact) mass is 256 g/mol. The van der Waals surface area contributed by atoms with Gasteiger partial charge in [0.1, 0.15) is 0 Å². The molecule has 2 aromatic rings. The third-order valence-corrected chi connectivity index (χ3v) is 2.67. The highest BCUT2D eigenvalue weighted by Gasteiger charge is 2.13. The molecule has 0 saturated carbocycles. The number of pyridine rings is 1. The molecule has 0 aliphatic heterocycles. The molecule has 0 radical (unpaired) electrons. The fourth-order valence-electron chi connectivity index (χ4n) is 1.74. The molecule has 0 saturated heterocycles. The lowest BCUT2D eigenvalue weighted by Gasteiger charge is -2.08. The lowest BCUT2D eigenvalue weighted by atomic mass is 10.00. The first-order valence-electron chi connectivity index (χ1n) is 5.56. The average Bonchev–Trinajstić information content (AvgIpc) is 2.46. The van der Waals surface area contributed by atoms with Crippen molar-refractivity contribution in [2.45, 2.75) is 0 Å². The Balaban J connectivity index is 2.56. The largest absolute Gasteiger partial charge is 0.465 e. The predicted octanol–water partition coefficient (Wildman–Crippen LogP) is 1.63. The Kier molecular flexibility index (Phi) is 3.56. The van der Waals surface area contributed by atoms with Crippen LogP contribution < -0.4 is 5.73 Å². The van der Waals surface area contributed by atoms with Gasteiger partial charge in [-0.15, -0.1) is 0 Å². The number of carbonyl (C=O) groups excluding carboxylic acids is 2. The van der Waals surface area contributed by atoms with E-state index >= 15 is 0 Å². The number of ether oxygens (including phenoxy) is 1. The zero-order chi connectivity index (χ0) is 13.8. The molecule has 0 aliphatic carbocycles. The maximum absolute atomic E-state index is 11.7. The highest BCUT2D eigenvalue weighted by atomic mass is 16.5. The van der Waals surface area contributed by atoms with Crippen LogP contribution in [0.4, 0.5) is 0 Å². The van der Waals surface area contributed by atoms with Crippen LogP contribution in [0, 0.1) is 0 Å². The lowest BCUT2D eigenvalue weighted by molar-refractivity contribution is 0.0601. The van der Waals surface area contributed by atoms with Crippen molar-refractivity contribution in [3.05, 3.63) is 53.9 Å².